The summed E-state index contributed by atoms with van der Waals surface area (Å²) in [5.74, 6) is -1.06. The fourth-order valence-corrected chi connectivity index (χ4v) is 8.57. The number of carbonyl (C=O) groups excluding carboxylic acids is 3. The fraction of sp³-hybridized carbons (Fsp3) is 0.630. The van der Waals surface area contributed by atoms with Gasteiger partial charge < -0.3 is 14.2 Å². The van der Waals surface area contributed by atoms with Gasteiger partial charge in [-0.05, 0) is 122 Å². The SMILES string of the molecule is CC/C=C\C/C=C\C/C=C\C/C=C\C/C=C\CCCCCCCCCCCCCC(=O)OCC(COC(=O)C/C=C\C/C=C\C/C=C\C/C=C\C/C=C\CC)OC(=O)CCCCCCCCCCC/C=C\C/C=C\CCCCC. The van der Waals surface area contributed by atoms with Crippen molar-refractivity contribution in [1.29, 1.82) is 0 Å². The van der Waals surface area contributed by atoms with Gasteiger partial charge in [0.25, 0.3) is 0 Å². The lowest BCUT2D eigenvalue weighted by atomic mass is 10.0. The summed E-state index contributed by atoms with van der Waals surface area (Å²) in [7, 11) is 0. The highest BCUT2D eigenvalue weighted by Gasteiger charge is 2.19. The van der Waals surface area contributed by atoms with Crippen LogP contribution in [-0.2, 0) is 28.6 Å². The molecule has 79 heavy (non-hydrogen) atoms. The van der Waals surface area contributed by atoms with Crippen LogP contribution in [0.2, 0.25) is 0 Å². The molecule has 446 valence electrons. The van der Waals surface area contributed by atoms with E-state index in [-0.39, 0.29) is 31.6 Å². The predicted octanol–water partition coefficient (Wildman–Crippen LogP) is 22.3. The summed E-state index contributed by atoms with van der Waals surface area (Å²) in [6, 6.07) is 0. The zero-order valence-corrected chi connectivity index (χ0v) is 51.1. The molecule has 0 aliphatic carbocycles. The minimum atomic E-state index is -0.828. The molecule has 0 fully saturated rings. The maximum atomic E-state index is 12.9. The molecule has 0 saturated heterocycles. The van der Waals surface area contributed by atoms with Crippen molar-refractivity contribution in [1.82, 2.24) is 0 Å². The Labute approximate surface area is 487 Å². The van der Waals surface area contributed by atoms with Gasteiger partial charge in [-0.1, -0.05) is 282 Å². The van der Waals surface area contributed by atoms with Crippen molar-refractivity contribution in [3.63, 3.8) is 0 Å². The van der Waals surface area contributed by atoms with Crippen LogP contribution >= 0.6 is 0 Å². The molecule has 0 aromatic rings. The number of ether oxygens (including phenoxy) is 3. The van der Waals surface area contributed by atoms with Crippen molar-refractivity contribution >= 4 is 17.9 Å². The molecule has 0 N–H and O–H groups in total. The van der Waals surface area contributed by atoms with Crippen LogP contribution in [0.5, 0.6) is 0 Å². The lowest BCUT2D eigenvalue weighted by Gasteiger charge is -2.18. The largest absolute Gasteiger partial charge is 0.462 e. The van der Waals surface area contributed by atoms with E-state index < -0.39 is 12.1 Å². The highest BCUT2D eigenvalue weighted by Crippen LogP contribution is 2.15. The molecule has 0 aromatic heterocycles. The van der Waals surface area contributed by atoms with Crippen molar-refractivity contribution in [2.24, 2.45) is 0 Å². The molecule has 0 aliphatic heterocycles. The Hall–Kier alpha value is -4.71. The molecule has 0 aliphatic rings. The molecule has 0 aromatic carbocycles. The van der Waals surface area contributed by atoms with Crippen LogP contribution in [-0.4, -0.2) is 37.2 Å². The van der Waals surface area contributed by atoms with Gasteiger partial charge in [-0.2, -0.15) is 0 Å². The third-order valence-corrected chi connectivity index (χ3v) is 13.3. The zero-order valence-electron chi connectivity index (χ0n) is 51.1. The predicted molar refractivity (Wildman–Crippen MR) is 343 cm³/mol. The summed E-state index contributed by atoms with van der Waals surface area (Å²) in [4.78, 5) is 38.3. The van der Waals surface area contributed by atoms with Crippen LogP contribution in [0.25, 0.3) is 0 Å². The Morgan fingerprint density at radius 1 is 0.278 bits per heavy atom. The van der Waals surface area contributed by atoms with E-state index in [0.717, 1.165) is 109 Å². The van der Waals surface area contributed by atoms with Crippen LogP contribution in [0.15, 0.2) is 146 Å². The second-order valence-electron chi connectivity index (χ2n) is 20.9. The molecule has 6 heteroatoms. The van der Waals surface area contributed by atoms with Crippen molar-refractivity contribution in [3.8, 4) is 0 Å². The van der Waals surface area contributed by atoms with E-state index >= 15 is 0 Å². The van der Waals surface area contributed by atoms with Gasteiger partial charge in [-0.25, -0.2) is 0 Å². The fourth-order valence-electron chi connectivity index (χ4n) is 8.57. The third kappa shape index (κ3) is 64.0. The van der Waals surface area contributed by atoms with Crippen molar-refractivity contribution in [3.05, 3.63) is 146 Å². The van der Waals surface area contributed by atoms with Gasteiger partial charge in [0.1, 0.15) is 13.2 Å². The summed E-state index contributed by atoms with van der Waals surface area (Å²) < 4.78 is 16.8. The first-order valence-electron chi connectivity index (χ1n) is 32.3. The monoisotopic (exact) mass is 1090 g/mol. The normalized spacial score (nSPS) is 13.1. The van der Waals surface area contributed by atoms with Crippen LogP contribution in [0.1, 0.15) is 278 Å². The average Bonchev–Trinajstić information content (AvgIpc) is 3.45. The van der Waals surface area contributed by atoms with Gasteiger partial charge in [-0.3, -0.25) is 14.4 Å². The second-order valence-corrected chi connectivity index (χ2v) is 20.9. The number of carbonyl (C=O) groups is 3. The highest BCUT2D eigenvalue weighted by molar-refractivity contribution is 5.72. The zero-order chi connectivity index (χ0) is 57.1. The summed E-state index contributed by atoms with van der Waals surface area (Å²) in [6.07, 6.45) is 94.5. The standard InChI is InChI=1S/C73H118O6/c1-4-7-10-13-16-19-22-25-28-30-32-33-34-35-36-37-38-39-41-42-45-48-51-54-57-60-63-66-72(75)78-69-70(68-77-71(74)65-62-59-56-53-50-47-44-27-24-21-18-15-12-9-6-3)79-73(76)67-64-61-58-55-52-49-46-43-40-31-29-26-23-20-17-14-11-8-5-2/h7,9-10,12,16-21,25-29,32-33,35-36,44,50,53,59,62,70H,4-6,8,11,13-15,22-24,30-31,34,37-43,45-49,51-52,54-58,60-61,63-69H2,1-3H3/b10-7-,12-9-,19-16-,20-17-,21-18-,28-25-,29-26-,33-32-,36-35-,44-27-,53-50-,62-59-. The van der Waals surface area contributed by atoms with E-state index in [0.29, 0.717) is 12.8 Å². The summed E-state index contributed by atoms with van der Waals surface area (Å²) in [6.45, 7) is 6.30. The lowest BCUT2D eigenvalue weighted by molar-refractivity contribution is -0.166. The first-order valence-corrected chi connectivity index (χ1v) is 32.3. The van der Waals surface area contributed by atoms with Gasteiger partial charge in [0, 0.05) is 12.8 Å². The van der Waals surface area contributed by atoms with E-state index in [9.17, 15) is 14.4 Å². The van der Waals surface area contributed by atoms with Gasteiger partial charge >= 0.3 is 17.9 Å². The smallest absolute Gasteiger partial charge is 0.309 e. The number of unbranched alkanes of at least 4 members (excludes halogenated alkanes) is 23. The number of rotatable bonds is 57. The van der Waals surface area contributed by atoms with Gasteiger partial charge in [0.05, 0.1) is 6.42 Å². The van der Waals surface area contributed by atoms with Gasteiger partial charge in [0.15, 0.2) is 6.10 Å². The Balaban J connectivity index is 4.42. The van der Waals surface area contributed by atoms with Crippen molar-refractivity contribution in [2.45, 2.75) is 284 Å². The molecule has 0 saturated carbocycles. The van der Waals surface area contributed by atoms with Crippen LogP contribution in [0.4, 0.5) is 0 Å². The first-order chi connectivity index (χ1) is 39.0. The van der Waals surface area contributed by atoms with E-state index in [1.807, 2.05) is 6.08 Å². The van der Waals surface area contributed by atoms with Gasteiger partial charge in [0.2, 0.25) is 0 Å². The molecule has 0 heterocycles. The summed E-state index contributed by atoms with van der Waals surface area (Å²) in [5, 5.41) is 0. The third-order valence-electron chi connectivity index (χ3n) is 13.3. The maximum absolute atomic E-state index is 12.9. The van der Waals surface area contributed by atoms with Crippen LogP contribution in [0, 0.1) is 0 Å². The Morgan fingerprint density at radius 2 is 0.544 bits per heavy atom. The average molecular weight is 1090 g/mol. The second kappa shape index (κ2) is 65.8. The molecule has 0 radical (unpaired) electrons. The maximum Gasteiger partial charge on any atom is 0.309 e. The number of esters is 3. The molecule has 6 nitrogen and oxygen atoms in total. The molecule has 0 rings (SSSR count). The molecule has 0 spiro atoms. The highest BCUT2D eigenvalue weighted by atomic mass is 16.6. The van der Waals surface area contributed by atoms with Crippen molar-refractivity contribution < 1.29 is 28.6 Å². The van der Waals surface area contributed by atoms with E-state index in [4.69, 9.17) is 14.2 Å². The lowest BCUT2D eigenvalue weighted by Crippen LogP contribution is -2.30. The molecule has 1 unspecified atom stereocenters. The minimum absolute atomic E-state index is 0.115. The van der Waals surface area contributed by atoms with Crippen LogP contribution < -0.4 is 0 Å². The van der Waals surface area contributed by atoms with Crippen LogP contribution in [0.3, 0.4) is 0 Å². The van der Waals surface area contributed by atoms with Gasteiger partial charge in [-0.15, -0.1) is 0 Å². The number of hydrogen-bond donors (Lipinski definition) is 0. The quantitative estimate of drug-likeness (QED) is 0.0261. The Kier molecular flexibility index (Phi) is 61.9. The number of allylic oxidation sites excluding steroid dienone is 23. The first kappa shape index (κ1) is 74.3. The molecule has 1 atom stereocenters. The van der Waals surface area contributed by atoms with E-state index in [1.54, 1.807) is 6.08 Å². The summed E-state index contributed by atoms with van der Waals surface area (Å²) in [5.41, 5.74) is 0. The number of hydrogen-bond acceptors (Lipinski definition) is 6. The Bertz CT molecular complexity index is 1730. The van der Waals surface area contributed by atoms with E-state index in [1.165, 1.54) is 128 Å². The van der Waals surface area contributed by atoms with E-state index in [2.05, 4.69) is 154 Å². The molecular weight excluding hydrogens is 973 g/mol. The molecule has 0 bridgehead atoms. The molecular formula is C73H118O6. The summed E-state index contributed by atoms with van der Waals surface area (Å²) >= 11 is 0. The molecule has 0 amide bonds. The van der Waals surface area contributed by atoms with Crippen molar-refractivity contribution in [2.75, 3.05) is 13.2 Å². The minimum Gasteiger partial charge on any atom is -0.462 e. The topological polar surface area (TPSA) is 78.9 Å². The Morgan fingerprint density at radius 3 is 0.886 bits per heavy atom.